The number of aromatic nitrogens is 1. The molecule has 2 heterocycles. The van der Waals surface area contributed by atoms with Crippen molar-refractivity contribution < 1.29 is 9.31 Å². The summed E-state index contributed by atoms with van der Waals surface area (Å²) >= 11 is 0. The second-order valence-corrected chi connectivity index (χ2v) is 7.37. The second kappa shape index (κ2) is 8.23. The standard InChI is InChI=1S/C19H24BN3O2.C2H6/c1-13-7-6-8-17(22-13)23-16-11-15(10-9-14(16)12-21)20-24-18(2,3)19(4,5)25-20;1-2/h6-12,21H,1-5H3,(H,22,23);1-2H3. The zero-order valence-corrected chi connectivity index (χ0v) is 17.4. The molecule has 0 radical (unpaired) electrons. The Hall–Kier alpha value is -2.18. The number of hydrogen-bond acceptors (Lipinski definition) is 5. The third-order valence-electron chi connectivity index (χ3n) is 4.91. The van der Waals surface area contributed by atoms with E-state index in [2.05, 4.69) is 10.3 Å². The quantitative estimate of drug-likeness (QED) is 0.619. The van der Waals surface area contributed by atoms with Crippen molar-refractivity contribution in [1.29, 1.82) is 5.41 Å². The van der Waals surface area contributed by atoms with Crippen LogP contribution in [0.3, 0.4) is 0 Å². The van der Waals surface area contributed by atoms with E-state index in [0.29, 0.717) is 0 Å². The van der Waals surface area contributed by atoms with Crippen LogP contribution >= 0.6 is 0 Å². The third-order valence-corrected chi connectivity index (χ3v) is 4.91. The Labute approximate surface area is 163 Å². The predicted octanol–water partition coefficient (Wildman–Crippen LogP) is 4.46. The first-order valence-corrected chi connectivity index (χ1v) is 9.42. The Bertz CT molecular complexity index is 790. The van der Waals surface area contributed by atoms with Crippen molar-refractivity contribution in [3.05, 3.63) is 47.7 Å². The van der Waals surface area contributed by atoms with Gasteiger partial charge in [0.25, 0.3) is 0 Å². The number of pyridine rings is 1. The maximum Gasteiger partial charge on any atom is 0.494 e. The molecular formula is C21H30BN3O2. The van der Waals surface area contributed by atoms with Gasteiger partial charge in [-0.25, -0.2) is 4.98 Å². The molecule has 27 heavy (non-hydrogen) atoms. The molecule has 2 aromatic rings. The molecule has 0 aliphatic carbocycles. The SMILES string of the molecule is CC.Cc1cccc(Nc2cc(B3OC(C)(C)C(C)(C)O3)ccc2C=N)n1. The lowest BCUT2D eigenvalue weighted by Crippen LogP contribution is -2.41. The van der Waals surface area contributed by atoms with Crippen LogP contribution in [0.25, 0.3) is 0 Å². The minimum Gasteiger partial charge on any atom is -0.399 e. The van der Waals surface area contributed by atoms with Crippen LogP contribution in [0.4, 0.5) is 11.5 Å². The van der Waals surface area contributed by atoms with Crippen LogP contribution in [0.1, 0.15) is 52.8 Å². The molecule has 1 fully saturated rings. The van der Waals surface area contributed by atoms with Crippen LogP contribution in [0.15, 0.2) is 36.4 Å². The number of rotatable bonds is 4. The third kappa shape index (κ3) is 4.57. The van der Waals surface area contributed by atoms with Gasteiger partial charge >= 0.3 is 7.12 Å². The molecule has 0 unspecified atom stereocenters. The summed E-state index contributed by atoms with van der Waals surface area (Å²) in [6, 6.07) is 11.6. The lowest BCUT2D eigenvalue weighted by molar-refractivity contribution is 0.00578. The van der Waals surface area contributed by atoms with Crippen molar-refractivity contribution in [2.45, 2.75) is 59.7 Å². The normalized spacial score (nSPS) is 17.1. The van der Waals surface area contributed by atoms with Gasteiger partial charge in [-0.1, -0.05) is 32.0 Å². The van der Waals surface area contributed by atoms with E-state index in [9.17, 15) is 0 Å². The van der Waals surface area contributed by atoms with Gasteiger partial charge in [-0.15, -0.1) is 0 Å². The molecule has 0 spiro atoms. The summed E-state index contributed by atoms with van der Waals surface area (Å²) in [7, 11) is -0.434. The molecule has 5 nitrogen and oxygen atoms in total. The zero-order chi connectivity index (χ0) is 20.2. The first-order chi connectivity index (χ1) is 12.7. The molecule has 2 N–H and O–H groups in total. The summed E-state index contributed by atoms with van der Waals surface area (Å²) in [5, 5.41) is 10.9. The van der Waals surface area contributed by atoms with Gasteiger partial charge in [-0.3, -0.25) is 0 Å². The Kier molecular flexibility index (Phi) is 6.44. The summed E-state index contributed by atoms with van der Waals surface area (Å²) in [4.78, 5) is 4.47. The van der Waals surface area contributed by atoms with E-state index in [-0.39, 0.29) is 11.2 Å². The molecular weight excluding hydrogens is 337 g/mol. The van der Waals surface area contributed by atoms with Crippen LogP contribution in [-0.4, -0.2) is 29.5 Å². The lowest BCUT2D eigenvalue weighted by atomic mass is 9.78. The molecule has 0 saturated carbocycles. The van der Waals surface area contributed by atoms with Crippen LogP contribution < -0.4 is 10.8 Å². The maximum absolute atomic E-state index is 7.65. The molecule has 0 bridgehead atoms. The Balaban J connectivity index is 0.00000126. The van der Waals surface area contributed by atoms with Crippen molar-refractivity contribution in [3.63, 3.8) is 0 Å². The number of benzene rings is 1. The van der Waals surface area contributed by atoms with E-state index in [0.717, 1.165) is 28.2 Å². The second-order valence-electron chi connectivity index (χ2n) is 7.37. The largest absolute Gasteiger partial charge is 0.494 e. The highest BCUT2D eigenvalue weighted by Crippen LogP contribution is 2.36. The summed E-state index contributed by atoms with van der Waals surface area (Å²) in [5.41, 5.74) is 2.67. The Morgan fingerprint density at radius 1 is 1.04 bits per heavy atom. The van der Waals surface area contributed by atoms with Crippen LogP contribution in [0.5, 0.6) is 0 Å². The molecule has 0 atom stereocenters. The summed E-state index contributed by atoms with van der Waals surface area (Å²) < 4.78 is 12.3. The Morgan fingerprint density at radius 3 is 2.22 bits per heavy atom. The van der Waals surface area contributed by atoms with Gasteiger partial charge in [-0.05, 0) is 58.3 Å². The first kappa shape index (κ1) is 21.1. The minimum absolute atomic E-state index is 0.385. The monoisotopic (exact) mass is 367 g/mol. The number of anilines is 2. The van der Waals surface area contributed by atoms with Crippen molar-refractivity contribution in [1.82, 2.24) is 4.98 Å². The molecule has 144 valence electrons. The smallest absolute Gasteiger partial charge is 0.399 e. The van der Waals surface area contributed by atoms with E-state index in [1.807, 2.05) is 84.9 Å². The maximum atomic E-state index is 7.65. The van der Waals surface area contributed by atoms with Gasteiger partial charge in [0.05, 0.1) is 11.2 Å². The fraction of sp³-hybridized carbons (Fsp3) is 0.429. The van der Waals surface area contributed by atoms with E-state index in [1.54, 1.807) is 0 Å². The highest BCUT2D eigenvalue weighted by Gasteiger charge is 2.51. The Morgan fingerprint density at radius 2 is 1.67 bits per heavy atom. The van der Waals surface area contributed by atoms with Gasteiger partial charge in [-0.2, -0.15) is 0 Å². The zero-order valence-electron chi connectivity index (χ0n) is 17.4. The van der Waals surface area contributed by atoms with Crippen molar-refractivity contribution in [3.8, 4) is 0 Å². The average Bonchev–Trinajstić information content (AvgIpc) is 2.84. The number of nitrogens with zero attached hydrogens (tertiary/aromatic N) is 1. The van der Waals surface area contributed by atoms with Gasteiger partial charge < -0.3 is 20.0 Å². The van der Waals surface area contributed by atoms with E-state index in [4.69, 9.17) is 14.7 Å². The fourth-order valence-corrected chi connectivity index (χ4v) is 2.68. The molecule has 6 heteroatoms. The van der Waals surface area contributed by atoms with Crippen molar-refractivity contribution >= 4 is 30.3 Å². The lowest BCUT2D eigenvalue weighted by Gasteiger charge is -2.32. The molecule has 1 aliphatic heterocycles. The number of hydrogen-bond donors (Lipinski definition) is 2. The molecule has 0 amide bonds. The molecule has 3 rings (SSSR count). The van der Waals surface area contributed by atoms with Crippen molar-refractivity contribution in [2.24, 2.45) is 0 Å². The van der Waals surface area contributed by atoms with Gasteiger partial charge in [0.1, 0.15) is 5.82 Å². The summed E-state index contributed by atoms with van der Waals surface area (Å²) in [6.07, 6.45) is 1.33. The molecule has 1 aliphatic rings. The topological polar surface area (TPSA) is 67.2 Å². The molecule has 1 aromatic heterocycles. The van der Waals surface area contributed by atoms with Gasteiger partial charge in [0.2, 0.25) is 0 Å². The van der Waals surface area contributed by atoms with Crippen LogP contribution in [0, 0.1) is 12.3 Å². The molecule has 1 saturated heterocycles. The number of nitrogens with one attached hydrogen (secondary N) is 2. The van der Waals surface area contributed by atoms with Gasteiger partial charge in [0, 0.05) is 23.2 Å². The predicted molar refractivity (Wildman–Crippen MR) is 114 cm³/mol. The minimum atomic E-state index is -0.434. The van der Waals surface area contributed by atoms with Crippen molar-refractivity contribution in [2.75, 3.05) is 5.32 Å². The summed E-state index contributed by atoms with van der Waals surface area (Å²) in [6.45, 7) is 14.1. The van der Waals surface area contributed by atoms with E-state index >= 15 is 0 Å². The summed E-state index contributed by atoms with van der Waals surface area (Å²) in [5.74, 6) is 0.745. The first-order valence-electron chi connectivity index (χ1n) is 9.42. The number of aryl methyl sites for hydroxylation is 1. The van der Waals surface area contributed by atoms with E-state index < -0.39 is 7.12 Å². The van der Waals surface area contributed by atoms with Gasteiger partial charge in [0.15, 0.2) is 0 Å². The fourth-order valence-electron chi connectivity index (χ4n) is 2.68. The average molecular weight is 367 g/mol. The highest BCUT2D eigenvalue weighted by atomic mass is 16.7. The molecule has 1 aromatic carbocycles. The van der Waals surface area contributed by atoms with E-state index in [1.165, 1.54) is 6.21 Å². The van der Waals surface area contributed by atoms with Crippen LogP contribution in [-0.2, 0) is 9.31 Å². The van der Waals surface area contributed by atoms with Crippen LogP contribution in [0.2, 0.25) is 0 Å². The highest BCUT2D eigenvalue weighted by molar-refractivity contribution is 6.62.